The molecule has 0 N–H and O–H groups in total. The van der Waals surface area contributed by atoms with Gasteiger partial charge in [-0.3, -0.25) is 0 Å². The molecule has 198 valence electrons. The number of nitrogens with zero attached hydrogens (tertiary/aromatic N) is 4. The molecule has 2 aromatic rings. The predicted molar refractivity (Wildman–Crippen MR) is 144 cm³/mol. The molecule has 1 fully saturated rings. The van der Waals surface area contributed by atoms with Crippen molar-refractivity contribution in [3.8, 4) is 0 Å². The fraction of sp³-hybridized carbons (Fsp3) is 0.739. The molecule has 0 aliphatic carbocycles. The average Bonchev–Trinajstić information content (AvgIpc) is 3.10. The minimum atomic E-state index is -2.99. The zero-order chi connectivity index (χ0) is 25.9. The van der Waals surface area contributed by atoms with Gasteiger partial charge in [0.15, 0.2) is 5.65 Å². The summed E-state index contributed by atoms with van der Waals surface area (Å²) < 4.78 is 51.6. The first-order valence-electron chi connectivity index (χ1n) is 12.4. The molecule has 35 heavy (non-hydrogen) atoms. The standard InChI is InChI=1S/C23H41FN4O4SSi2/c1-34(2,3)13-9-31-17-27(18-32-10-14-35(4,5)6)23-15-20(19-7-11-33(29,30)12-8-19)25-22-16-21(24)26-28(22)23/h15-16,19H,7-14,17-18H2,1-6H3. The summed E-state index contributed by atoms with van der Waals surface area (Å²) in [4.78, 5) is 6.57. The van der Waals surface area contributed by atoms with E-state index in [0.717, 1.165) is 17.8 Å². The minimum absolute atomic E-state index is 0.00250. The van der Waals surface area contributed by atoms with Gasteiger partial charge < -0.3 is 14.4 Å². The Balaban J connectivity index is 1.86. The quantitative estimate of drug-likeness (QED) is 0.219. The highest BCUT2D eigenvalue weighted by Crippen LogP contribution is 2.31. The number of anilines is 1. The monoisotopic (exact) mass is 544 g/mol. The summed E-state index contributed by atoms with van der Waals surface area (Å²) in [7, 11) is -5.47. The van der Waals surface area contributed by atoms with Crippen LogP contribution in [0.5, 0.6) is 0 Å². The molecule has 0 radical (unpaired) electrons. The number of hydrogen-bond donors (Lipinski definition) is 0. The highest BCUT2D eigenvalue weighted by Gasteiger charge is 2.27. The largest absolute Gasteiger partial charge is 0.361 e. The first-order valence-corrected chi connectivity index (χ1v) is 21.6. The second kappa shape index (κ2) is 11.4. The molecule has 0 bridgehead atoms. The van der Waals surface area contributed by atoms with Crippen LogP contribution >= 0.6 is 0 Å². The molecular weight excluding hydrogens is 504 g/mol. The van der Waals surface area contributed by atoms with Gasteiger partial charge in [0.05, 0.1) is 11.5 Å². The Kier molecular flexibility index (Phi) is 9.17. The lowest BCUT2D eigenvalue weighted by Crippen LogP contribution is -2.33. The fourth-order valence-corrected chi connectivity index (χ4v) is 6.85. The second-order valence-corrected chi connectivity index (χ2v) is 25.5. The molecule has 0 unspecified atom stereocenters. The van der Waals surface area contributed by atoms with Crippen LogP contribution in [0.2, 0.25) is 51.4 Å². The molecule has 0 saturated carbocycles. The van der Waals surface area contributed by atoms with Crippen molar-refractivity contribution in [1.29, 1.82) is 0 Å². The van der Waals surface area contributed by atoms with Crippen LogP contribution in [0.4, 0.5) is 10.2 Å². The van der Waals surface area contributed by atoms with Gasteiger partial charge >= 0.3 is 0 Å². The molecule has 3 rings (SSSR count). The SMILES string of the molecule is C[Si](C)(C)CCOCN(COCC[Si](C)(C)C)c1cc(C2CCS(=O)(=O)CC2)nc2cc(F)nn12. The van der Waals surface area contributed by atoms with Crippen LogP contribution in [0.1, 0.15) is 24.5 Å². The van der Waals surface area contributed by atoms with E-state index in [4.69, 9.17) is 9.47 Å². The lowest BCUT2D eigenvalue weighted by atomic mass is 9.98. The lowest BCUT2D eigenvalue weighted by molar-refractivity contribution is 0.0942. The van der Waals surface area contributed by atoms with E-state index in [-0.39, 0.29) is 30.9 Å². The molecule has 0 amide bonds. The Morgan fingerprint density at radius 3 is 2.06 bits per heavy atom. The van der Waals surface area contributed by atoms with Crippen molar-refractivity contribution < 1.29 is 22.3 Å². The van der Waals surface area contributed by atoms with Crippen molar-refractivity contribution in [3.05, 3.63) is 23.8 Å². The maximum absolute atomic E-state index is 14.2. The van der Waals surface area contributed by atoms with Gasteiger partial charge in [0.1, 0.15) is 29.1 Å². The lowest BCUT2D eigenvalue weighted by Gasteiger charge is -2.28. The Bertz CT molecular complexity index is 1060. The third-order valence-electron chi connectivity index (χ3n) is 6.18. The maximum Gasteiger partial charge on any atom is 0.235 e. The molecule has 1 aliphatic rings. The van der Waals surface area contributed by atoms with E-state index in [0.29, 0.717) is 37.5 Å². The van der Waals surface area contributed by atoms with Gasteiger partial charge in [-0.2, -0.15) is 8.91 Å². The zero-order valence-corrected chi connectivity index (χ0v) is 24.8. The van der Waals surface area contributed by atoms with Gasteiger partial charge in [0, 0.05) is 53.1 Å². The Morgan fingerprint density at radius 2 is 1.54 bits per heavy atom. The van der Waals surface area contributed by atoms with Crippen molar-refractivity contribution in [2.45, 2.75) is 70.1 Å². The minimum Gasteiger partial charge on any atom is -0.361 e. The number of fused-ring (bicyclic) bond motifs is 1. The molecule has 3 heterocycles. The summed E-state index contributed by atoms with van der Waals surface area (Å²) in [5.74, 6) is 0.334. The first-order chi connectivity index (χ1) is 16.2. The molecule has 1 saturated heterocycles. The summed E-state index contributed by atoms with van der Waals surface area (Å²) in [5.41, 5.74) is 1.16. The number of aromatic nitrogens is 3. The van der Waals surface area contributed by atoms with Gasteiger partial charge in [0.2, 0.25) is 5.95 Å². The van der Waals surface area contributed by atoms with Crippen molar-refractivity contribution in [3.63, 3.8) is 0 Å². The van der Waals surface area contributed by atoms with Crippen molar-refractivity contribution in [2.75, 3.05) is 43.1 Å². The number of rotatable bonds is 12. The Labute approximate surface area is 211 Å². The van der Waals surface area contributed by atoms with Crippen LogP contribution in [0.3, 0.4) is 0 Å². The smallest absolute Gasteiger partial charge is 0.235 e. The van der Waals surface area contributed by atoms with Gasteiger partial charge in [-0.05, 0) is 24.9 Å². The summed E-state index contributed by atoms with van der Waals surface area (Å²) in [6, 6.07) is 5.29. The number of ether oxygens (including phenoxy) is 2. The van der Waals surface area contributed by atoms with Crippen LogP contribution in [0.25, 0.3) is 5.65 Å². The number of hydrogen-bond acceptors (Lipinski definition) is 7. The fourth-order valence-electron chi connectivity index (χ4n) is 3.85. The summed E-state index contributed by atoms with van der Waals surface area (Å²) in [6.07, 6.45) is 1.03. The van der Waals surface area contributed by atoms with E-state index in [1.807, 2.05) is 11.0 Å². The van der Waals surface area contributed by atoms with Crippen molar-refractivity contribution in [1.82, 2.24) is 14.6 Å². The molecule has 12 heteroatoms. The first kappa shape index (κ1) is 28.2. The molecule has 0 atom stereocenters. The zero-order valence-electron chi connectivity index (χ0n) is 22.0. The topological polar surface area (TPSA) is 86.0 Å². The normalized spacial score (nSPS) is 17.2. The highest BCUT2D eigenvalue weighted by atomic mass is 32.2. The van der Waals surface area contributed by atoms with E-state index in [2.05, 4.69) is 49.4 Å². The molecule has 8 nitrogen and oxygen atoms in total. The number of halogens is 1. The molecule has 1 aliphatic heterocycles. The summed E-state index contributed by atoms with van der Waals surface area (Å²) in [5, 5.41) is 4.03. The van der Waals surface area contributed by atoms with Crippen LogP contribution in [-0.2, 0) is 19.3 Å². The molecule has 0 aromatic carbocycles. The van der Waals surface area contributed by atoms with E-state index >= 15 is 0 Å². The van der Waals surface area contributed by atoms with E-state index < -0.39 is 31.9 Å². The van der Waals surface area contributed by atoms with E-state index in [1.165, 1.54) is 10.6 Å². The Hall–Kier alpha value is -1.35. The average molecular weight is 545 g/mol. The third-order valence-corrected chi connectivity index (χ3v) is 11.3. The summed E-state index contributed by atoms with van der Waals surface area (Å²) in [6.45, 7) is 15.7. The van der Waals surface area contributed by atoms with E-state index in [1.54, 1.807) is 0 Å². The molecule has 0 spiro atoms. The van der Waals surface area contributed by atoms with Gasteiger partial charge in [-0.15, -0.1) is 5.10 Å². The van der Waals surface area contributed by atoms with Gasteiger partial charge in [-0.25, -0.2) is 13.4 Å². The summed E-state index contributed by atoms with van der Waals surface area (Å²) >= 11 is 0. The van der Waals surface area contributed by atoms with Crippen LogP contribution in [0, 0.1) is 5.95 Å². The van der Waals surface area contributed by atoms with Crippen LogP contribution in [-0.4, -0.2) is 77.3 Å². The van der Waals surface area contributed by atoms with Crippen LogP contribution < -0.4 is 4.90 Å². The van der Waals surface area contributed by atoms with Crippen LogP contribution in [0.15, 0.2) is 12.1 Å². The Morgan fingerprint density at radius 1 is 1.00 bits per heavy atom. The van der Waals surface area contributed by atoms with Gasteiger partial charge in [0.25, 0.3) is 0 Å². The predicted octanol–water partition coefficient (Wildman–Crippen LogP) is 4.59. The van der Waals surface area contributed by atoms with Gasteiger partial charge in [-0.1, -0.05) is 39.3 Å². The van der Waals surface area contributed by atoms with Crippen molar-refractivity contribution in [2.24, 2.45) is 0 Å². The highest BCUT2D eigenvalue weighted by molar-refractivity contribution is 7.91. The maximum atomic E-state index is 14.2. The molecular formula is C23H41FN4O4SSi2. The number of sulfone groups is 1. The van der Waals surface area contributed by atoms with E-state index in [9.17, 15) is 12.8 Å². The third kappa shape index (κ3) is 8.92. The van der Waals surface area contributed by atoms with Crippen molar-refractivity contribution >= 4 is 37.5 Å². The molecule has 2 aromatic heterocycles. The second-order valence-electron chi connectivity index (χ2n) is 11.9.